The first-order valence-corrected chi connectivity index (χ1v) is 6.24. The van der Waals surface area contributed by atoms with Crippen LogP contribution >= 0.6 is 0 Å². The summed E-state index contributed by atoms with van der Waals surface area (Å²) in [6, 6.07) is 4.62. The van der Waals surface area contributed by atoms with Gasteiger partial charge in [-0.05, 0) is 44.5 Å². The smallest absolute Gasteiger partial charge is 0.322 e. The summed E-state index contributed by atoms with van der Waals surface area (Å²) in [5, 5.41) is 0. The normalized spacial score (nSPS) is 17.9. The highest BCUT2D eigenvalue weighted by Gasteiger charge is 2.44. The quantitative estimate of drug-likeness (QED) is 0.468. The second kappa shape index (κ2) is 4.74. The Bertz CT molecular complexity index is 595. The second-order valence-corrected chi connectivity index (χ2v) is 5.61. The Kier molecular flexibility index (Phi) is 3.38. The lowest BCUT2D eigenvalue weighted by atomic mass is 10.00. The molecule has 0 bridgehead atoms. The number of benzene rings is 1. The summed E-state index contributed by atoms with van der Waals surface area (Å²) >= 11 is 0. The van der Waals surface area contributed by atoms with Crippen LogP contribution in [0.2, 0.25) is 0 Å². The first-order chi connectivity index (χ1) is 9.24. The van der Waals surface area contributed by atoms with Gasteiger partial charge >= 0.3 is 5.97 Å². The zero-order valence-corrected chi connectivity index (χ0v) is 11.9. The summed E-state index contributed by atoms with van der Waals surface area (Å²) in [4.78, 5) is 36.0. The second-order valence-electron chi connectivity index (χ2n) is 5.61. The van der Waals surface area contributed by atoms with Crippen molar-refractivity contribution >= 4 is 17.5 Å². The fraction of sp³-hybridized carbons (Fsp3) is 0.400. The van der Waals surface area contributed by atoms with Gasteiger partial charge in [0.15, 0.2) is 0 Å². The van der Waals surface area contributed by atoms with Crippen LogP contribution in [0.1, 0.15) is 42.6 Å². The number of hydrogen-bond acceptors (Lipinski definition) is 5. The molecule has 5 nitrogen and oxygen atoms in total. The van der Waals surface area contributed by atoms with Crippen LogP contribution in [0.15, 0.2) is 18.2 Å². The molecule has 0 saturated heterocycles. The summed E-state index contributed by atoms with van der Waals surface area (Å²) < 4.78 is 10.3. The number of ketones is 2. The molecule has 0 spiro atoms. The summed E-state index contributed by atoms with van der Waals surface area (Å²) in [5.41, 5.74) is -0.123. The number of Topliss-reactive ketones (excluding diaryl/α,β-unsaturated/α-hetero) is 2. The maximum absolute atomic E-state index is 12.1. The highest BCUT2D eigenvalue weighted by molar-refractivity contribution is 6.52. The maximum atomic E-state index is 12.1. The highest BCUT2D eigenvalue weighted by atomic mass is 16.6. The zero-order chi connectivity index (χ0) is 15.1. The number of methoxy groups -OCH3 is 1. The molecule has 0 aliphatic heterocycles. The van der Waals surface area contributed by atoms with E-state index >= 15 is 0 Å². The largest absolute Gasteiger partial charge is 0.497 e. The first-order valence-electron chi connectivity index (χ1n) is 6.24. The van der Waals surface area contributed by atoms with Gasteiger partial charge in [0.25, 0.3) is 0 Å². The van der Waals surface area contributed by atoms with Crippen LogP contribution in [0.25, 0.3) is 0 Å². The minimum Gasteiger partial charge on any atom is -0.497 e. The van der Waals surface area contributed by atoms with Crippen molar-refractivity contribution in [2.75, 3.05) is 7.11 Å². The standard InChI is InChI=1S/C15H16O5/c1-15(2,3)20-14(18)11-10-7-8(19-4)5-6-9(10)12(16)13(11)17/h5-7,11H,1-4H3. The minimum atomic E-state index is -1.19. The van der Waals surface area contributed by atoms with Crippen molar-refractivity contribution in [3.63, 3.8) is 0 Å². The van der Waals surface area contributed by atoms with Gasteiger partial charge < -0.3 is 9.47 Å². The van der Waals surface area contributed by atoms with Crippen molar-refractivity contribution in [1.29, 1.82) is 0 Å². The van der Waals surface area contributed by atoms with Gasteiger partial charge in [-0.15, -0.1) is 0 Å². The topological polar surface area (TPSA) is 69.7 Å². The molecule has 1 aliphatic rings. The number of ether oxygens (including phenoxy) is 2. The molecule has 1 aromatic carbocycles. The minimum absolute atomic E-state index is 0.242. The lowest BCUT2D eigenvalue weighted by Crippen LogP contribution is -2.30. The number of esters is 1. The average Bonchev–Trinajstić information content (AvgIpc) is 2.59. The van der Waals surface area contributed by atoms with Gasteiger partial charge in [0.05, 0.1) is 7.11 Å². The van der Waals surface area contributed by atoms with E-state index in [-0.39, 0.29) is 5.56 Å². The van der Waals surface area contributed by atoms with Crippen LogP contribution in [0.4, 0.5) is 0 Å². The van der Waals surface area contributed by atoms with E-state index in [1.54, 1.807) is 26.8 Å². The van der Waals surface area contributed by atoms with Gasteiger partial charge in [-0.2, -0.15) is 0 Å². The number of carbonyl (C=O) groups excluding carboxylic acids is 3. The summed E-state index contributed by atoms with van der Waals surface area (Å²) in [6.07, 6.45) is 0. The third-order valence-corrected chi connectivity index (χ3v) is 2.94. The third-order valence-electron chi connectivity index (χ3n) is 2.94. The van der Waals surface area contributed by atoms with Crippen LogP contribution in [-0.4, -0.2) is 30.2 Å². The van der Waals surface area contributed by atoms with Crippen LogP contribution in [0, 0.1) is 0 Å². The van der Waals surface area contributed by atoms with Gasteiger partial charge in [0.2, 0.25) is 11.6 Å². The van der Waals surface area contributed by atoms with Crippen molar-refractivity contribution in [3.05, 3.63) is 29.3 Å². The van der Waals surface area contributed by atoms with Crippen molar-refractivity contribution in [3.8, 4) is 5.75 Å². The molecule has 20 heavy (non-hydrogen) atoms. The molecule has 0 aromatic heterocycles. The lowest BCUT2D eigenvalue weighted by Gasteiger charge is -2.21. The van der Waals surface area contributed by atoms with Gasteiger partial charge in [-0.25, -0.2) is 0 Å². The molecule has 2 rings (SSSR count). The van der Waals surface area contributed by atoms with E-state index in [2.05, 4.69) is 0 Å². The Morgan fingerprint density at radius 3 is 2.40 bits per heavy atom. The van der Waals surface area contributed by atoms with E-state index < -0.39 is 29.1 Å². The average molecular weight is 276 g/mol. The predicted octanol–water partition coefficient (Wildman–Crippen LogP) is 1.89. The summed E-state index contributed by atoms with van der Waals surface area (Å²) in [5.74, 6) is -2.81. The molecule has 0 N–H and O–H groups in total. The molecule has 0 saturated carbocycles. The maximum Gasteiger partial charge on any atom is 0.322 e. The molecule has 0 radical (unpaired) electrons. The van der Waals surface area contributed by atoms with E-state index in [0.29, 0.717) is 11.3 Å². The van der Waals surface area contributed by atoms with Crippen molar-refractivity contribution < 1.29 is 23.9 Å². The Morgan fingerprint density at radius 1 is 1.20 bits per heavy atom. The van der Waals surface area contributed by atoms with Crippen molar-refractivity contribution in [2.45, 2.75) is 32.3 Å². The van der Waals surface area contributed by atoms with Crippen LogP contribution in [-0.2, 0) is 14.3 Å². The van der Waals surface area contributed by atoms with Crippen LogP contribution in [0.3, 0.4) is 0 Å². The van der Waals surface area contributed by atoms with E-state index in [9.17, 15) is 14.4 Å². The first kappa shape index (κ1) is 14.2. The monoisotopic (exact) mass is 276 g/mol. The van der Waals surface area contributed by atoms with E-state index in [1.165, 1.54) is 19.2 Å². The fourth-order valence-electron chi connectivity index (χ4n) is 2.11. The molecule has 1 aromatic rings. The van der Waals surface area contributed by atoms with E-state index in [0.717, 1.165) is 0 Å². The van der Waals surface area contributed by atoms with Crippen molar-refractivity contribution in [2.24, 2.45) is 0 Å². The molecule has 5 heteroatoms. The van der Waals surface area contributed by atoms with Crippen LogP contribution in [0.5, 0.6) is 5.75 Å². The predicted molar refractivity (Wildman–Crippen MR) is 70.9 cm³/mol. The van der Waals surface area contributed by atoms with Gasteiger partial charge in [0.1, 0.15) is 17.3 Å². The van der Waals surface area contributed by atoms with Gasteiger partial charge in [-0.1, -0.05) is 0 Å². The lowest BCUT2D eigenvalue weighted by molar-refractivity contribution is -0.157. The van der Waals surface area contributed by atoms with E-state index in [4.69, 9.17) is 9.47 Å². The van der Waals surface area contributed by atoms with Crippen molar-refractivity contribution in [1.82, 2.24) is 0 Å². The number of carbonyl (C=O) groups is 3. The molecule has 0 fully saturated rings. The molecule has 1 unspecified atom stereocenters. The highest BCUT2D eigenvalue weighted by Crippen LogP contribution is 2.34. The summed E-state index contributed by atoms with van der Waals surface area (Å²) in [6.45, 7) is 5.12. The zero-order valence-electron chi connectivity index (χ0n) is 11.9. The Labute approximate surface area is 116 Å². The molecule has 1 aliphatic carbocycles. The number of rotatable bonds is 2. The summed E-state index contributed by atoms with van der Waals surface area (Å²) in [7, 11) is 1.48. The third kappa shape index (κ3) is 2.43. The molecule has 106 valence electrons. The Balaban J connectivity index is 2.44. The molecule has 1 atom stereocenters. The molecule has 0 amide bonds. The molecule has 0 heterocycles. The number of hydrogen-bond donors (Lipinski definition) is 0. The molecular formula is C15H16O5. The van der Waals surface area contributed by atoms with Gasteiger partial charge in [-0.3, -0.25) is 14.4 Å². The fourth-order valence-corrected chi connectivity index (χ4v) is 2.11. The van der Waals surface area contributed by atoms with E-state index in [1.807, 2.05) is 0 Å². The van der Waals surface area contributed by atoms with Crippen LogP contribution < -0.4 is 4.74 Å². The Hall–Kier alpha value is -2.17. The molecular weight excluding hydrogens is 260 g/mol. The number of fused-ring (bicyclic) bond motifs is 1. The van der Waals surface area contributed by atoms with Gasteiger partial charge in [0, 0.05) is 5.56 Å². The Morgan fingerprint density at radius 2 is 1.85 bits per heavy atom. The SMILES string of the molecule is COc1ccc2c(c1)C(C(=O)OC(C)(C)C)C(=O)C2=O.